The number of nitrogens with zero attached hydrogens (tertiary/aromatic N) is 3. The molecule has 21 heavy (non-hydrogen) atoms. The van der Waals surface area contributed by atoms with Crippen LogP contribution in [0.15, 0.2) is 48.5 Å². The van der Waals surface area contributed by atoms with E-state index >= 15 is 0 Å². The largest absolute Gasteiger partial charge is 0.278 e. The van der Waals surface area contributed by atoms with Crippen molar-refractivity contribution in [2.75, 3.05) is 0 Å². The fourth-order valence-electron chi connectivity index (χ4n) is 2.10. The average molecular weight is 322 g/mol. The summed E-state index contributed by atoms with van der Waals surface area (Å²) in [5.74, 6) is 0.559. The molecule has 0 atom stereocenters. The lowest BCUT2D eigenvalue weighted by atomic mass is 10.2. The van der Waals surface area contributed by atoms with Crippen LogP contribution in [0.2, 0.25) is 5.02 Å². The van der Waals surface area contributed by atoms with E-state index in [1.54, 1.807) is 16.7 Å². The van der Waals surface area contributed by atoms with Crippen molar-refractivity contribution < 1.29 is 4.39 Å². The molecule has 1 aromatic heterocycles. The highest BCUT2D eigenvalue weighted by atomic mass is 35.5. The SMILES string of the molecule is Fc1c(Cl)cccc1-c1nnc(CCl)n1-c1ccccc1. The van der Waals surface area contributed by atoms with E-state index in [2.05, 4.69) is 10.2 Å². The lowest BCUT2D eigenvalue weighted by molar-refractivity contribution is 0.630. The maximum absolute atomic E-state index is 14.3. The van der Waals surface area contributed by atoms with Crippen LogP contribution in [0.5, 0.6) is 0 Å². The zero-order chi connectivity index (χ0) is 14.8. The molecule has 3 aromatic rings. The van der Waals surface area contributed by atoms with Crippen molar-refractivity contribution in [2.24, 2.45) is 0 Å². The number of rotatable bonds is 3. The van der Waals surface area contributed by atoms with Gasteiger partial charge in [-0.1, -0.05) is 35.9 Å². The monoisotopic (exact) mass is 321 g/mol. The molecule has 6 heteroatoms. The van der Waals surface area contributed by atoms with Gasteiger partial charge in [-0.2, -0.15) is 0 Å². The predicted molar refractivity (Wildman–Crippen MR) is 81.3 cm³/mol. The summed E-state index contributed by atoms with van der Waals surface area (Å²) in [6.07, 6.45) is 0. The van der Waals surface area contributed by atoms with Gasteiger partial charge in [-0.15, -0.1) is 21.8 Å². The fourth-order valence-corrected chi connectivity index (χ4v) is 2.45. The Morgan fingerprint density at radius 2 is 1.76 bits per heavy atom. The Balaban J connectivity index is 2.25. The summed E-state index contributed by atoms with van der Waals surface area (Å²) in [4.78, 5) is 0. The first kappa shape index (κ1) is 14.0. The Kier molecular flexibility index (Phi) is 3.90. The first-order chi connectivity index (χ1) is 10.2. The summed E-state index contributed by atoms with van der Waals surface area (Å²) in [6, 6.07) is 14.2. The summed E-state index contributed by atoms with van der Waals surface area (Å²) in [6.45, 7) is 0. The molecular weight excluding hydrogens is 312 g/mol. The highest BCUT2D eigenvalue weighted by molar-refractivity contribution is 6.31. The molecule has 106 valence electrons. The number of alkyl halides is 1. The number of hydrogen-bond acceptors (Lipinski definition) is 2. The Morgan fingerprint density at radius 3 is 2.48 bits per heavy atom. The first-order valence-electron chi connectivity index (χ1n) is 6.22. The highest BCUT2D eigenvalue weighted by Gasteiger charge is 2.18. The molecule has 0 aliphatic carbocycles. The van der Waals surface area contributed by atoms with Gasteiger partial charge >= 0.3 is 0 Å². The highest BCUT2D eigenvalue weighted by Crippen LogP contribution is 2.29. The van der Waals surface area contributed by atoms with Crippen LogP contribution < -0.4 is 0 Å². The van der Waals surface area contributed by atoms with E-state index in [0.29, 0.717) is 11.6 Å². The molecule has 0 radical (unpaired) electrons. The Labute approximate surface area is 131 Å². The quantitative estimate of drug-likeness (QED) is 0.666. The molecule has 0 aliphatic rings. The summed E-state index contributed by atoms with van der Waals surface area (Å²) in [5.41, 5.74) is 1.10. The van der Waals surface area contributed by atoms with Crippen molar-refractivity contribution >= 4 is 23.2 Å². The second-order valence-corrected chi connectivity index (χ2v) is 5.02. The van der Waals surface area contributed by atoms with E-state index in [1.807, 2.05) is 30.3 Å². The van der Waals surface area contributed by atoms with Crippen LogP contribution in [0.3, 0.4) is 0 Å². The Bertz CT molecular complexity index is 772. The Hall–Kier alpha value is -1.91. The molecule has 0 N–H and O–H groups in total. The van der Waals surface area contributed by atoms with Gasteiger partial charge in [0.05, 0.1) is 16.5 Å². The molecule has 1 heterocycles. The minimum atomic E-state index is -0.523. The molecule has 0 aliphatic heterocycles. The van der Waals surface area contributed by atoms with Crippen molar-refractivity contribution in [1.29, 1.82) is 0 Å². The van der Waals surface area contributed by atoms with E-state index in [1.165, 1.54) is 6.07 Å². The number of aromatic nitrogens is 3. The molecule has 0 unspecified atom stereocenters. The maximum Gasteiger partial charge on any atom is 0.171 e. The predicted octanol–water partition coefficient (Wildman–Crippen LogP) is 4.47. The van der Waals surface area contributed by atoms with Gasteiger partial charge in [0.1, 0.15) is 0 Å². The van der Waals surface area contributed by atoms with Gasteiger partial charge in [-0.3, -0.25) is 4.57 Å². The van der Waals surface area contributed by atoms with E-state index in [0.717, 1.165) is 5.69 Å². The van der Waals surface area contributed by atoms with E-state index < -0.39 is 5.82 Å². The standard InChI is InChI=1S/C15H10Cl2FN3/c16-9-13-19-20-15(11-7-4-8-12(17)14(11)18)21(13)10-5-2-1-3-6-10/h1-8H,9H2. The third-order valence-electron chi connectivity index (χ3n) is 3.06. The van der Waals surface area contributed by atoms with Crippen molar-refractivity contribution in [3.8, 4) is 17.1 Å². The van der Waals surface area contributed by atoms with E-state index in [4.69, 9.17) is 23.2 Å². The molecular formula is C15H10Cl2FN3. The van der Waals surface area contributed by atoms with E-state index in [-0.39, 0.29) is 16.5 Å². The van der Waals surface area contributed by atoms with Crippen molar-refractivity contribution in [3.63, 3.8) is 0 Å². The van der Waals surface area contributed by atoms with Crippen LogP contribution in [0, 0.1) is 5.82 Å². The molecule has 3 nitrogen and oxygen atoms in total. The normalized spacial score (nSPS) is 10.8. The topological polar surface area (TPSA) is 30.7 Å². The number of hydrogen-bond donors (Lipinski definition) is 0. The smallest absolute Gasteiger partial charge is 0.171 e. The van der Waals surface area contributed by atoms with Crippen LogP contribution in [-0.2, 0) is 5.88 Å². The van der Waals surface area contributed by atoms with Gasteiger partial charge < -0.3 is 0 Å². The number of halogens is 3. The van der Waals surface area contributed by atoms with Crippen molar-refractivity contribution in [1.82, 2.24) is 14.8 Å². The Morgan fingerprint density at radius 1 is 1.00 bits per heavy atom. The van der Waals surface area contributed by atoms with Crippen molar-refractivity contribution in [2.45, 2.75) is 5.88 Å². The summed E-state index contributed by atoms with van der Waals surface area (Å²) >= 11 is 11.8. The maximum atomic E-state index is 14.3. The fraction of sp³-hybridized carbons (Fsp3) is 0.0667. The molecule has 0 bridgehead atoms. The lowest BCUT2D eigenvalue weighted by Gasteiger charge is -2.10. The zero-order valence-electron chi connectivity index (χ0n) is 10.8. The van der Waals surface area contributed by atoms with Crippen molar-refractivity contribution in [3.05, 3.63) is 65.2 Å². The van der Waals surface area contributed by atoms with E-state index in [9.17, 15) is 4.39 Å². The molecule has 0 saturated heterocycles. The van der Waals surface area contributed by atoms with Crippen LogP contribution in [-0.4, -0.2) is 14.8 Å². The summed E-state index contributed by atoms with van der Waals surface area (Å²) in [5, 5.41) is 8.14. The molecule has 0 saturated carbocycles. The van der Waals surface area contributed by atoms with Gasteiger partial charge in [0, 0.05) is 5.69 Å². The van der Waals surface area contributed by atoms with Gasteiger partial charge in [0.25, 0.3) is 0 Å². The minimum Gasteiger partial charge on any atom is -0.278 e. The molecule has 3 rings (SSSR count). The molecule has 0 fully saturated rings. The third-order valence-corrected chi connectivity index (χ3v) is 3.59. The molecule has 0 amide bonds. The second-order valence-electron chi connectivity index (χ2n) is 4.35. The molecule has 2 aromatic carbocycles. The third kappa shape index (κ3) is 2.52. The number of benzene rings is 2. The van der Waals surface area contributed by atoms with Crippen LogP contribution in [0.1, 0.15) is 5.82 Å². The minimum absolute atomic E-state index is 0.0440. The van der Waals surface area contributed by atoms with Gasteiger partial charge in [-0.05, 0) is 24.3 Å². The second kappa shape index (κ2) is 5.84. The summed E-state index contributed by atoms with van der Waals surface area (Å²) in [7, 11) is 0. The number of para-hydroxylation sites is 1. The summed E-state index contributed by atoms with van der Waals surface area (Å²) < 4.78 is 16.0. The first-order valence-corrected chi connectivity index (χ1v) is 7.13. The van der Waals surface area contributed by atoms with Crippen LogP contribution in [0.25, 0.3) is 17.1 Å². The van der Waals surface area contributed by atoms with Gasteiger partial charge in [-0.25, -0.2) is 4.39 Å². The van der Waals surface area contributed by atoms with Gasteiger partial charge in [0.2, 0.25) is 0 Å². The van der Waals surface area contributed by atoms with Gasteiger partial charge in [0.15, 0.2) is 17.5 Å². The molecule has 0 spiro atoms. The lowest BCUT2D eigenvalue weighted by Crippen LogP contribution is -2.02. The van der Waals surface area contributed by atoms with Crippen LogP contribution >= 0.6 is 23.2 Å². The zero-order valence-corrected chi connectivity index (χ0v) is 12.3. The van der Waals surface area contributed by atoms with Crippen LogP contribution in [0.4, 0.5) is 4.39 Å². The average Bonchev–Trinajstić information content (AvgIpc) is 2.94.